The second kappa shape index (κ2) is 6.48. The molecule has 21 heavy (non-hydrogen) atoms. The van der Waals surface area contributed by atoms with Crippen molar-refractivity contribution in [2.45, 2.75) is 44.7 Å². The number of hydrogen-bond acceptors (Lipinski definition) is 3. The van der Waals surface area contributed by atoms with Crippen LogP contribution in [0.1, 0.15) is 43.0 Å². The molecule has 0 spiro atoms. The van der Waals surface area contributed by atoms with Gasteiger partial charge in [0.15, 0.2) is 0 Å². The van der Waals surface area contributed by atoms with Crippen molar-refractivity contribution in [3.63, 3.8) is 0 Å². The maximum Gasteiger partial charge on any atom is 0.253 e. The summed E-state index contributed by atoms with van der Waals surface area (Å²) in [5.41, 5.74) is 1.68. The van der Waals surface area contributed by atoms with Crippen LogP contribution in [0.4, 0.5) is 5.69 Å². The van der Waals surface area contributed by atoms with Gasteiger partial charge in [-0.05, 0) is 44.7 Å². The van der Waals surface area contributed by atoms with Crippen LogP contribution in [0.5, 0.6) is 0 Å². The molecule has 1 aromatic rings. The van der Waals surface area contributed by atoms with Gasteiger partial charge in [-0.3, -0.25) is 4.79 Å². The normalized spacial score (nSPS) is 20.2. The van der Waals surface area contributed by atoms with Gasteiger partial charge in [-0.15, -0.1) is 0 Å². The van der Waals surface area contributed by atoms with Crippen LogP contribution in [0.25, 0.3) is 0 Å². The molecule has 1 amide bonds. The Labute approximate surface area is 126 Å². The predicted molar refractivity (Wildman–Crippen MR) is 85.7 cm³/mol. The van der Waals surface area contributed by atoms with E-state index in [1.165, 1.54) is 12.8 Å². The van der Waals surface area contributed by atoms with Gasteiger partial charge in [0, 0.05) is 37.4 Å². The number of hydrogen-bond donors (Lipinski definition) is 2. The maximum atomic E-state index is 12.5. The van der Waals surface area contributed by atoms with Gasteiger partial charge in [-0.2, -0.15) is 0 Å². The fraction of sp³-hybridized carbons (Fsp3) is 0.588. The number of piperidine rings is 1. The van der Waals surface area contributed by atoms with Crippen LogP contribution < -0.4 is 10.6 Å². The highest BCUT2D eigenvalue weighted by Crippen LogP contribution is 2.29. The van der Waals surface area contributed by atoms with E-state index in [1.807, 2.05) is 31.2 Å². The van der Waals surface area contributed by atoms with Gasteiger partial charge in [0.25, 0.3) is 5.91 Å². The zero-order valence-electron chi connectivity index (χ0n) is 12.8. The first-order valence-electron chi connectivity index (χ1n) is 8.15. The van der Waals surface area contributed by atoms with Crippen LogP contribution in [0.15, 0.2) is 24.3 Å². The van der Waals surface area contributed by atoms with E-state index in [0.29, 0.717) is 6.04 Å². The zero-order chi connectivity index (χ0) is 14.7. The SMILES string of the molecule is CCNc1ccccc1C(=O)NC1CCN(C2CC2)CC1. The van der Waals surface area contributed by atoms with E-state index in [1.54, 1.807) is 0 Å². The highest BCUT2D eigenvalue weighted by molar-refractivity contribution is 5.99. The molecule has 0 unspecified atom stereocenters. The molecule has 4 heteroatoms. The number of nitrogens with one attached hydrogen (secondary N) is 2. The molecule has 1 aliphatic heterocycles. The van der Waals surface area contributed by atoms with Gasteiger partial charge < -0.3 is 15.5 Å². The number of para-hydroxylation sites is 1. The van der Waals surface area contributed by atoms with Crippen molar-refractivity contribution < 1.29 is 4.79 Å². The third kappa shape index (κ3) is 3.56. The Morgan fingerprint density at radius 2 is 1.90 bits per heavy atom. The summed E-state index contributed by atoms with van der Waals surface area (Å²) >= 11 is 0. The average Bonchev–Trinajstić information content (AvgIpc) is 3.34. The Morgan fingerprint density at radius 1 is 1.19 bits per heavy atom. The summed E-state index contributed by atoms with van der Waals surface area (Å²) in [6.07, 6.45) is 4.89. The molecular formula is C17H25N3O. The quantitative estimate of drug-likeness (QED) is 0.874. The van der Waals surface area contributed by atoms with Gasteiger partial charge in [0.1, 0.15) is 0 Å². The molecule has 1 aliphatic carbocycles. The molecule has 2 fully saturated rings. The molecule has 1 aromatic carbocycles. The Kier molecular flexibility index (Phi) is 4.44. The zero-order valence-corrected chi connectivity index (χ0v) is 12.8. The first-order valence-corrected chi connectivity index (χ1v) is 8.15. The molecule has 0 atom stereocenters. The highest BCUT2D eigenvalue weighted by atomic mass is 16.1. The van der Waals surface area contributed by atoms with Crippen LogP contribution in [0, 0.1) is 0 Å². The van der Waals surface area contributed by atoms with Crippen molar-refractivity contribution in [2.75, 3.05) is 25.0 Å². The summed E-state index contributed by atoms with van der Waals surface area (Å²) in [5.74, 6) is 0.0522. The largest absolute Gasteiger partial charge is 0.385 e. The molecule has 3 rings (SSSR count). The molecular weight excluding hydrogens is 262 g/mol. The van der Waals surface area contributed by atoms with Crippen LogP contribution >= 0.6 is 0 Å². The van der Waals surface area contributed by atoms with E-state index < -0.39 is 0 Å². The summed E-state index contributed by atoms with van der Waals surface area (Å²) in [5, 5.41) is 6.46. The summed E-state index contributed by atoms with van der Waals surface area (Å²) in [7, 11) is 0. The van der Waals surface area contributed by atoms with E-state index >= 15 is 0 Å². The molecule has 1 saturated heterocycles. The summed E-state index contributed by atoms with van der Waals surface area (Å²) in [6, 6.07) is 8.91. The van der Waals surface area contributed by atoms with Crippen molar-refractivity contribution in [2.24, 2.45) is 0 Å². The van der Waals surface area contributed by atoms with Crippen molar-refractivity contribution in [3.8, 4) is 0 Å². The standard InChI is InChI=1S/C17H25N3O/c1-2-18-16-6-4-3-5-15(16)17(21)19-13-9-11-20(12-10-13)14-7-8-14/h3-6,13-14,18H,2,7-12H2,1H3,(H,19,21). The third-order valence-corrected chi connectivity index (χ3v) is 4.47. The predicted octanol–water partition coefficient (Wildman–Crippen LogP) is 2.48. The molecule has 2 aliphatic rings. The summed E-state index contributed by atoms with van der Waals surface area (Å²) in [6.45, 7) is 5.13. The van der Waals surface area contributed by atoms with E-state index in [9.17, 15) is 4.79 Å². The number of amides is 1. The van der Waals surface area contributed by atoms with Gasteiger partial charge in [-0.25, -0.2) is 0 Å². The number of carbonyl (C=O) groups is 1. The molecule has 0 bridgehead atoms. The monoisotopic (exact) mass is 287 g/mol. The van der Waals surface area contributed by atoms with E-state index in [2.05, 4.69) is 15.5 Å². The van der Waals surface area contributed by atoms with Crippen molar-refractivity contribution in [1.82, 2.24) is 10.2 Å². The second-order valence-electron chi connectivity index (χ2n) is 6.09. The lowest BCUT2D eigenvalue weighted by atomic mass is 10.0. The van der Waals surface area contributed by atoms with Gasteiger partial charge in [0.05, 0.1) is 5.56 Å². The minimum Gasteiger partial charge on any atom is -0.385 e. The first kappa shape index (κ1) is 14.4. The van der Waals surface area contributed by atoms with Gasteiger partial charge in [-0.1, -0.05) is 12.1 Å². The lowest BCUT2D eigenvalue weighted by molar-refractivity contribution is 0.0910. The molecule has 114 valence electrons. The lowest BCUT2D eigenvalue weighted by Gasteiger charge is -2.32. The number of rotatable bonds is 5. The van der Waals surface area contributed by atoms with Crippen molar-refractivity contribution >= 4 is 11.6 Å². The number of carbonyl (C=O) groups excluding carboxylic acids is 1. The number of nitrogens with zero attached hydrogens (tertiary/aromatic N) is 1. The molecule has 4 nitrogen and oxygen atoms in total. The topological polar surface area (TPSA) is 44.4 Å². The van der Waals surface area contributed by atoms with E-state index in [4.69, 9.17) is 0 Å². The van der Waals surface area contributed by atoms with Crippen molar-refractivity contribution in [3.05, 3.63) is 29.8 Å². The van der Waals surface area contributed by atoms with E-state index in [-0.39, 0.29) is 5.91 Å². The van der Waals surface area contributed by atoms with Crippen LogP contribution in [-0.2, 0) is 0 Å². The summed E-state index contributed by atoms with van der Waals surface area (Å²) in [4.78, 5) is 15.1. The second-order valence-corrected chi connectivity index (χ2v) is 6.09. The Bertz CT molecular complexity index is 491. The highest BCUT2D eigenvalue weighted by Gasteiger charge is 2.32. The molecule has 2 N–H and O–H groups in total. The van der Waals surface area contributed by atoms with Crippen LogP contribution in [0.2, 0.25) is 0 Å². The van der Waals surface area contributed by atoms with Crippen molar-refractivity contribution in [1.29, 1.82) is 0 Å². The summed E-state index contributed by atoms with van der Waals surface area (Å²) < 4.78 is 0. The fourth-order valence-corrected chi connectivity index (χ4v) is 3.14. The number of benzene rings is 1. The molecule has 0 aromatic heterocycles. The lowest BCUT2D eigenvalue weighted by Crippen LogP contribution is -2.45. The molecule has 1 saturated carbocycles. The number of likely N-dealkylation sites (tertiary alicyclic amines) is 1. The minimum absolute atomic E-state index is 0.0522. The Hall–Kier alpha value is -1.55. The Balaban J connectivity index is 1.56. The van der Waals surface area contributed by atoms with Crippen LogP contribution in [-0.4, -0.2) is 42.5 Å². The third-order valence-electron chi connectivity index (χ3n) is 4.47. The molecule has 0 radical (unpaired) electrons. The van der Waals surface area contributed by atoms with E-state index in [0.717, 1.165) is 49.8 Å². The number of anilines is 1. The van der Waals surface area contributed by atoms with Gasteiger partial charge >= 0.3 is 0 Å². The smallest absolute Gasteiger partial charge is 0.253 e. The van der Waals surface area contributed by atoms with Crippen LogP contribution in [0.3, 0.4) is 0 Å². The molecule has 1 heterocycles. The minimum atomic E-state index is 0.0522. The average molecular weight is 287 g/mol. The Morgan fingerprint density at radius 3 is 2.57 bits per heavy atom. The maximum absolute atomic E-state index is 12.5. The van der Waals surface area contributed by atoms with Gasteiger partial charge in [0.2, 0.25) is 0 Å². The fourth-order valence-electron chi connectivity index (χ4n) is 3.14. The first-order chi connectivity index (χ1) is 10.3.